The van der Waals surface area contributed by atoms with Crippen molar-refractivity contribution in [2.75, 3.05) is 0 Å². The highest BCUT2D eigenvalue weighted by Crippen LogP contribution is 2.29. The van der Waals surface area contributed by atoms with E-state index in [-0.39, 0.29) is 0 Å². The molecule has 118 valence electrons. The van der Waals surface area contributed by atoms with Crippen LogP contribution in [0.1, 0.15) is 56.0 Å². The zero-order chi connectivity index (χ0) is 16.1. The number of carboxylic acid groups (broad SMARTS) is 1. The summed E-state index contributed by atoms with van der Waals surface area (Å²) in [5.74, 6) is -1.25. The molecule has 0 aliphatic rings. The fraction of sp³-hybridized carbons (Fsp3) is 0.444. The molecule has 0 saturated carbocycles. The second kappa shape index (κ2) is 7.25. The fourth-order valence-electron chi connectivity index (χ4n) is 2.88. The minimum atomic E-state index is -0.768. The fourth-order valence-corrected chi connectivity index (χ4v) is 2.88. The molecule has 0 saturated heterocycles. The second-order valence-corrected chi connectivity index (χ2v) is 5.60. The number of para-hydroxylation sites is 1. The van der Waals surface area contributed by atoms with Crippen LogP contribution in [0.2, 0.25) is 0 Å². The molecule has 22 heavy (non-hydrogen) atoms. The first-order chi connectivity index (χ1) is 10.6. The van der Waals surface area contributed by atoms with Gasteiger partial charge in [0.15, 0.2) is 0 Å². The number of benzene rings is 1. The Labute approximate surface area is 131 Å². The van der Waals surface area contributed by atoms with Crippen molar-refractivity contribution in [3.8, 4) is 5.69 Å². The van der Waals surface area contributed by atoms with E-state index in [4.69, 9.17) is 5.10 Å². The summed E-state index contributed by atoms with van der Waals surface area (Å²) in [4.78, 5) is 11.6. The molecule has 0 aliphatic heterocycles. The molecule has 1 N–H and O–H groups in total. The van der Waals surface area contributed by atoms with Gasteiger partial charge in [-0.05, 0) is 38.3 Å². The first kappa shape index (κ1) is 16.3. The van der Waals surface area contributed by atoms with Gasteiger partial charge in [0.2, 0.25) is 0 Å². The summed E-state index contributed by atoms with van der Waals surface area (Å²) in [5, 5.41) is 14.3. The normalized spacial score (nSPS) is 12.3. The van der Waals surface area contributed by atoms with Gasteiger partial charge in [0.05, 0.1) is 17.3 Å². The summed E-state index contributed by atoms with van der Waals surface area (Å²) in [7, 11) is 0. The summed E-state index contributed by atoms with van der Waals surface area (Å²) in [6, 6.07) is 9.89. The van der Waals surface area contributed by atoms with Gasteiger partial charge in [-0.1, -0.05) is 38.5 Å². The number of carboxylic acids is 1. The zero-order valence-electron chi connectivity index (χ0n) is 13.5. The second-order valence-electron chi connectivity index (χ2n) is 5.60. The molecule has 1 heterocycles. The van der Waals surface area contributed by atoms with E-state index in [0.29, 0.717) is 6.42 Å². The van der Waals surface area contributed by atoms with Crippen LogP contribution in [0.25, 0.3) is 5.69 Å². The van der Waals surface area contributed by atoms with Crippen molar-refractivity contribution in [2.45, 2.75) is 52.4 Å². The van der Waals surface area contributed by atoms with E-state index in [2.05, 4.69) is 6.92 Å². The highest BCUT2D eigenvalue weighted by molar-refractivity contribution is 5.77. The largest absolute Gasteiger partial charge is 0.481 e. The summed E-state index contributed by atoms with van der Waals surface area (Å²) < 4.78 is 1.88. The molecule has 0 bridgehead atoms. The maximum atomic E-state index is 11.6. The maximum absolute atomic E-state index is 11.6. The monoisotopic (exact) mass is 300 g/mol. The number of aliphatic carboxylic acids is 1. The van der Waals surface area contributed by atoms with E-state index >= 15 is 0 Å². The number of carbonyl (C=O) groups is 1. The molecule has 4 nitrogen and oxygen atoms in total. The lowest BCUT2D eigenvalue weighted by molar-refractivity contribution is -0.138. The van der Waals surface area contributed by atoms with Crippen LogP contribution in [0.15, 0.2) is 30.3 Å². The molecule has 0 amide bonds. The van der Waals surface area contributed by atoms with Crippen molar-refractivity contribution in [3.05, 3.63) is 47.3 Å². The van der Waals surface area contributed by atoms with Gasteiger partial charge in [-0.3, -0.25) is 4.79 Å². The average molecular weight is 300 g/mol. The molecule has 1 atom stereocenters. The number of unbranched alkanes of at least 4 members (excludes halogenated alkanes) is 1. The third-order valence-corrected chi connectivity index (χ3v) is 4.06. The quantitative estimate of drug-likeness (QED) is 0.837. The molecular formula is C18H24N2O2. The lowest BCUT2D eigenvalue weighted by atomic mass is 9.93. The molecule has 1 unspecified atom stereocenters. The first-order valence-electron chi connectivity index (χ1n) is 7.96. The molecule has 1 aromatic heterocycles. The third kappa shape index (κ3) is 3.21. The van der Waals surface area contributed by atoms with Crippen LogP contribution in [-0.4, -0.2) is 20.9 Å². The van der Waals surface area contributed by atoms with Crippen LogP contribution in [0.4, 0.5) is 0 Å². The molecule has 2 rings (SSSR count). The lowest BCUT2D eigenvalue weighted by Crippen LogP contribution is -2.13. The number of aromatic nitrogens is 2. The van der Waals surface area contributed by atoms with Gasteiger partial charge in [-0.2, -0.15) is 5.10 Å². The van der Waals surface area contributed by atoms with Gasteiger partial charge in [0.1, 0.15) is 0 Å². The van der Waals surface area contributed by atoms with E-state index in [0.717, 1.165) is 41.9 Å². The topological polar surface area (TPSA) is 55.1 Å². The van der Waals surface area contributed by atoms with Crippen molar-refractivity contribution in [1.29, 1.82) is 0 Å². The molecule has 0 spiro atoms. The summed E-state index contributed by atoms with van der Waals surface area (Å²) in [6.07, 6.45) is 3.50. The van der Waals surface area contributed by atoms with E-state index in [1.807, 2.05) is 48.9 Å². The molecule has 4 heteroatoms. The van der Waals surface area contributed by atoms with Crippen molar-refractivity contribution in [2.24, 2.45) is 0 Å². The SMILES string of the molecule is CCCCc1nn(-c2ccccc2)c(C)c1C(CC)C(=O)O. The highest BCUT2D eigenvalue weighted by Gasteiger charge is 2.27. The van der Waals surface area contributed by atoms with Gasteiger partial charge in [-0.15, -0.1) is 0 Å². The van der Waals surface area contributed by atoms with Crippen molar-refractivity contribution in [1.82, 2.24) is 9.78 Å². The molecule has 0 aliphatic carbocycles. The summed E-state index contributed by atoms with van der Waals surface area (Å²) in [5.41, 5.74) is 3.74. The first-order valence-corrected chi connectivity index (χ1v) is 7.96. The van der Waals surface area contributed by atoms with E-state index in [1.165, 1.54) is 0 Å². The average Bonchev–Trinajstić information content (AvgIpc) is 2.84. The molecule has 1 aromatic carbocycles. The predicted octanol–water partition coefficient (Wildman–Crippen LogP) is 4.10. The Bertz CT molecular complexity index is 632. The zero-order valence-corrected chi connectivity index (χ0v) is 13.5. The van der Waals surface area contributed by atoms with Crippen molar-refractivity contribution in [3.63, 3.8) is 0 Å². The maximum Gasteiger partial charge on any atom is 0.311 e. The minimum Gasteiger partial charge on any atom is -0.481 e. The number of hydrogen-bond donors (Lipinski definition) is 1. The molecule has 2 aromatic rings. The van der Waals surface area contributed by atoms with Crippen LogP contribution >= 0.6 is 0 Å². The highest BCUT2D eigenvalue weighted by atomic mass is 16.4. The van der Waals surface area contributed by atoms with Crippen LogP contribution in [0.5, 0.6) is 0 Å². The Morgan fingerprint density at radius 1 is 1.27 bits per heavy atom. The van der Waals surface area contributed by atoms with Crippen LogP contribution in [-0.2, 0) is 11.2 Å². The lowest BCUT2D eigenvalue weighted by Gasteiger charge is -2.12. The number of nitrogens with zero attached hydrogens (tertiary/aromatic N) is 2. The Morgan fingerprint density at radius 3 is 2.50 bits per heavy atom. The Kier molecular flexibility index (Phi) is 5.36. The van der Waals surface area contributed by atoms with Crippen LogP contribution in [0, 0.1) is 6.92 Å². The standard InChI is InChI=1S/C18H24N2O2/c1-4-6-12-16-17(15(5-2)18(21)22)13(3)20(19-16)14-10-8-7-9-11-14/h7-11,15H,4-6,12H2,1-3H3,(H,21,22). The van der Waals surface area contributed by atoms with E-state index in [9.17, 15) is 9.90 Å². The van der Waals surface area contributed by atoms with Gasteiger partial charge < -0.3 is 5.11 Å². The summed E-state index contributed by atoms with van der Waals surface area (Å²) >= 11 is 0. The predicted molar refractivity (Wildman–Crippen MR) is 87.6 cm³/mol. The van der Waals surface area contributed by atoms with Crippen LogP contribution in [0.3, 0.4) is 0 Å². The smallest absolute Gasteiger partial charge is 0.311 e. The van der Waals surface area contributed by atoms with Gasteiger partial charge in [0.25, 0.3) is 0 Å². The van der Waals surface area contributed by atoms with E-state index < -0.39 is 11.9 Å². The van der Waals surface area contributed by atoms with Crippen LogP contribution < -0.4 is 0 Å². The number of aryl methyl sites for hydroxylation is 1. The number of hydrogen-bond acceptors (Lipinski definition) is 2. The van der Waals surface area contributed by atoms with E-state index in [1.54, 1.807) is 0 Å². The van der Waals surface area contributed by atoms with Gasteiger partial charge in [0, 0.05) is 11.3 Å². The van der Waals surface area contributed by atoms with Gasteiger partial charge >= 0.3 is 5.97 Å². The third-order valence-electron chi connectivity index (χ3n) is 4.06. The Balaban J connectivity index is 2.54. The minimum absolute atomic E-state index is 0.482. The van der Waals surface area contributed by atoms with Gasteiger partial charge in [-0.25, -0.2) is 4.68 Å². The Morgan fingerprint density at radius 2 is 1.95 bits per heavy atom. The molecular weight excluding hydrogens is 276 g/mol. The van der Waals surface area contributed by atoms with Crippen molar-refractivity contribution < 1.29 is 9.90 Å². The molecule has 0 radical (unpaired) electrons. The molecule has 0 fully saturated rings. The van der Waals surface area contributed by atoms with Crippen molar-refractivity contribution >= 4 is 5.97 Å². The Hall–Kier alpha value is -2.10. The number of rotatable bonds is 7. The summed E-state index contributed by atoms with van der Waals surface area (Å²) in [6.45, 7) is 6.02.